The largest absolute Gasteiger partial charge is 0.493 e. The van der Waals surface area contributed by atoms with Crippen molar-refractivity contribution in [3.63, 3.8) is 0 Å². The van der Waals surface area contributed by atoms with E-state index < -0.39 is 6.23 Å². The molecule has 2 rings (SSSR count). The summed E-state index contributed by atoms with van der Waals surface area (Å²) in [7, 11) is 1.59. The average molecular weight is 227 g/mol. The van der Waals surface area contributed by atoms with E-state index in [4.69, 9.17) is 27.0 Å². The van der Waals surface area contributed by atoms with Gasteiger partial charge in [0, 0.05) is 5.56 Å². The molecule has 1 aliphatic heterocycles. The smallest absolute Gasteiger partial charge is 0.203 e. The van der Waals surface area contributed by atoms with Crippen molar-refractivity contribution in [2.24, 2.45) is 5.73 Å². The number of rotatable bonds is 2. The molecule has 1 aromatic carbocycles. The van der Waals surface area contributed by atoms with Gasteiger partial charge in [0.25, 0.3) is 0 Å². The molecule has 0 amide bonds. The van der Waals surface area contributed by atoms with Crippen molar-refractivity contribution in [1.29, 1.82) is 0 Å². The lowest BCUT2D eigenvalue weighted by Crippen LogP contribution is -2.35. The van der Waals surface area contributed by atoms with Gasteiger partial charge in [0.2, 0.25) is 6.23 Å². The minimum Gasteiger partial charge on any atom is -0.493 e. The number of para-hydroxylation sites is 1. The Hall–Kier alpha value is -1.39. The lowest BCUT2D eigenvalue weighted by molar-refractivity contribution is 0.212. The second-order valence-electron chi connectivity index (χ2n) is 3.13. The fraction of sp³-hybridized carbons (Fsp3) is 0.200. The highest BCUT2D eigenvalue weighted by atomic mass is 35.5. The number of ether oxygens (including phenoxy) is 2. The van der Waals surface area contributed by atoms with Crippen molar-refractivity contribution in [1.82, 2.24) is 4.84 Å². The molecule has 1 unspecified atom stereocenters. The van der Waals surface area contributed by atoms with Crippen molar-refractivity contribution in [2.45, 2.75) is 6.23 Å². The molecule has 0 bridgehead atoms. The predicted molar refractivity (Wildman–Crippen MR) is 58.6 cm³/mol. The zero-order valence-electron chi connectivity index (χ0n) is 8.16. The first-order chi connectivity index (χ1) is 7.26. The Morgan fingerprint density at radius 3 is 3.00 bits per heavy atom. The van der Waals surface area contributed by atoms with Gasteiger partial charge in [-0.15, -0.1) is 0 Å². The van der Waals surface area contributed by atoms with Crippen LogP contribution in [0.15, 0.2) is 23.9 Å². The third kappa shape index (κ3) is 1.73. The second kappa shape index (κ2) is 4.00. The topological polar surface area (TPSA) is 56.5 Å². The molecule has 1 aliphatic rings. The summed E-state index contributed by atoms with van der Waals surface area (Å²) in [5.41, 5.74) is 7.16. The molecule has 0 spiro atoms. The van der Waals surface area contributed by atoms with Crippen LogP contribution < -0.4 is 20.0 Å². The van der Waals surface area contributed by atoms with Crippen LogP contribution >= 0.6 is 11.8 Å². The second-order valence-corrected chi connectivity index (χ2v) is 3.35. The number of hydrogen-bond acceptors (Lipinski definition) is 4. The first kappa shape index (κ1) is 10.1. The fourth-order valence-electron chi connectivity index (χ4n) is 1.46. The minimum absolute atomic E-state index is 0.518. The number of nitrogens with one attached hydrogen (secondary N) is 1. The van der Waals surface area contributed by atoms with Crippen molar-refractivity contribution in [3.05, 3.63) is 29.5 Å². The van der Waals surface area contributed by atoms with E-state index in [9.17, 15) is 0 Å². The van der Waals surface area contributed by atoms with Crippen LogP contribution in [0.4, 0.5) is 0 Å². The first-order valence-corrected chi connectivity index (χ1v) is 4.81. The summed E-state index contributed by atoms with van der Waals surface area (Å²) in [5, 5.41) is 0. The molecule has 0 saturated carbocycles. The molecule has 15 heavy (non-hydrogen) atoms. The molecule has 1 atom stereocenters. The van der Waals surface area contributed by atoms with E-state index >= 15 is 0 Å². The number of fused-ring (bicyclic) bond motifs is 1. The van der Waals surface area contributed by atoms with Crippen LogP contribution in [0.1, 0.15) is 5.56 Å². The summed E-state index contributed by atoms with van der Waals surface area (Å²) in [4.78, 5) is 2.45. The van der Waals surface area contributed by atoms with Crippen molar-refractivity contribution in [3.8, 4) is 11.5 Å². The Bertz CT molecular complexity index is 406. The molecule has 0 radical (unpaired) electrons. The van der Waals surface area contributed by atoms with E-state index in [-0.39, 0.29) is 0 Å². The molecular weight excluding hydrogens is 216 g/mol. The number of methoxy groups -OCH3 is 1. The fourth-order valence-corrected chi connectivity index (χ4v) is 1.63. The molecule has 0 saturated heterocycles. The van der Waals surface area contributed by atoms with Gasteiger partial charge in [0.05, 0.1) is 12.8 Å². The Kier molecular flexibility index (Phi) is 2.70. The highest BCUT2D eigenvalue weighted by Gasteiger charge is 2.22. The highest BCUT2D eigenvalue weighted by molar-refractivity contribution is 6.13. The molecule has 1 heterocycles. The molecule has 0 aliphatic carbocycles. The number of halogens is 1. The molecular formula is C10H11ClN2O2. The van der Waals surface area contributed by atoms with E-state index in [1.165, 1.54) is 0 Å². The molecule has 3 N–H and O–H groups in total. The lowest BCUT2D eigenvalue weighted by atomic mass is 10.1. The molecule has 5 heteroatoms. The van der Waals surface area contributed by atoms with Crippen molar-refractivity contribution < 1.29 is 9.47 Å². The van der Waals surface area contributed by atoms with Crippen LogP contribution in [0.5, 0.6) is 11.5 Å². The quantitative estimate of drug-likeness (QED) is 0.750. The van der Waals surface area contributed by atoms with Gasteiger partial charge in [-0.25, -0.2) is 0 Å². The third-order valence-electron chi connectivity index (χ3n) is 2.19. The third-order valence-corrected chi connectivity index (χ3v) is 2.39. The lowest BCUT2D eigenvalue weighted by Gasteiger charge is -2.24. The van der Waals surface area contributed by atoms with Gasteiger partial charge < -0.3 is 15.2 Å². The Balaban J connectivity index is 2.47. The minimum atomic E-state index is -0.518. The van der Waals surface area contributed by atoms with E-state index in [2.05, 4.69) is 4.84 Å². The summed E-state index contributed by atoms with van der Waals surface area (Å²) >= 11 is 5.50. The van der Waals surface area contributed by atoms with Gasteiger partial charge in [-0.1, -0.05) is 12.1 Å². The van der Waals surface area contributed by atoms with Gasteiger partial charge in [-0.05, 0) is 23.9 Å². The SMILES string of the molecule is COc1cccc2c1OC(NCl)C(N)=C2. The molecule has 80 valence electrons. The Labute approximate surface area is 92.7 Å². The number of nitrogens with two attached hydrogens (primary N) is 1. The van der Waals surface area contributed by atoms with Crippen molar-refractivity contribution >= 4 is 17.9 Å². The van der Waals surface area contributed by atoms with Crippen LogP contribution in [0.2, 0.25) is 0 Å². The summed E-state index contributed by atoms with van der Waals surface area (Å²) in [6, 6.07) is 5.59. The standard InChI is InChI=1S/C10H11ClN2O2/c1-14-8-4-2-3-6-5-7(12)10(13-11)15-9(6)8/h2-5,10,13H,12H2,1H3. The maximum Gasteiger partial charge on any atom is 0.203 e. The van der Waals surface area contributed by atoms with E-state index in [1.54, 1.807) is 13.2 Å². The maximum absolute atomic E-state index is 5.74. The Morgan fingerprint density at radius 2 is 2.33 bits per heavy atom. The summed E-state index contributed by atoms with van der Waals surface area (Å²) in [6.07, 6.45) is 1.29. The van der Waals surface area contributed by atoms with Crippen LogP contribution in [0.3, 0.4) is 0 Å². The zero-order valence-corrected chi connectivity index (χ0v) is 8.91. The van der Waals surface area contributed by atoms with Gasteiger partial charge in [0.15, 0.2) is 11.5 Å². The van der Waals surface area contributed by atoms with Crippen LogP contribution in [0, 0.1) is 0 Å². The molecule has 4 nitrogen and oxygen atoms in total. The van der Waals surface area contributed by atoms with Gasteiger partial charge in [0.1, 0.15) is 0 Å². The van der Waals surface area contributed by atoms with Gasteiger partial charge in [-0.2, -0.15) is 4.84 Å². The highest BCUT2D eigenvalue weighted by Crippen LogP contribution is 2.36. The summed E-state index contributed by atoms with van der Waals surface area (Å²) < 4.78 is 10.7. The molecule has 0 fully saturated rings. The van der Waals surface area contributed by atoms with Crippen LogP contribution in [0.25, 0.3) is 6.08 Å². The predicted octanol–water partition coefficient (Wildman–Crippen LogP) is 1.46. The van der Waals surface area contributed by atoms with Crippen LogP contribution in [-0.2, 0) is 0 Å². The number of benzene rings is 1. The van der Waals surface area contributed by atoms with E-state index in [0.717, 1.165) is 5.56 Å². The summed E-state index contributed by atoms with van der Waals surface area (Å²) in [5.74, 6) is 1.31. The average Bonchev–Trinajstić information content (AvgIpc) is 2.27. The van der Waals surface area contributed by atoms with Gasteiger partial charge in [-0.3, -0.25) is 0 Å². The normalized spacial score (nSPS) is 18.8. The maximum atomic E-state index is 5.74. The molecule has 0 aromatic heterocycles. The van der Waals surface area contributed by atoms with Crippen molar-refractivity contribution in [2.75, 3.05) is 7.11 Å². The van der Waals surface area contributed by atoms with Crippen LogP contribution in [-0.4, -0.2) is 13.3 Å². The number of hydrogen-bond donors (Lipinski definition) is 2. The van der Waals surface area contributed by atoms with Gasteiger partial charge >= 0.3 is 0 Å². The first-order valence-electron chi connectivity index (χ1n) is 4.43. The van der Waals surface area contributed by atoms with E-state index in [0.29, 0.717) is 17.2 Å². The summed E-state index contributed by atoms with van der Waals surface area (Å²) in [6.45, 7) is 0. The Morgan fingerprint density at radius 1 is 1.53 bits per heavy atom. The monoisotopic (exact) mass is 226 g/mol. The molecule has 1 aromatic rings. The zero-order chi connectivity index (χ0) is 10.8. The van der Waals surface area contributed by atoms with E-state index in [1.807, 2.05) is 18.2 Å².